The van der Waals surface area contributed by atoms with E-state index in [1.54, 1.807) is 12.1 Å². The molecule has 0 aliphatic carbocycles. The molecule has 3 rings (SSSR count). The standard InChI is InChI=1S/C18H24FN3O/c1-14(16-3-2-4-17(19)13-16)21-9-6-15(7-10-21)18-5-8-20-22(18)11-12-23/h2-5,8,13-15,23H,6-7,9-12H2,1H3/t14-/m0/s1. The van der Waals surface area contributed by atoms with Gasteiger partial charge in [-0.05, 0) is 56.6 Å². The molecule has 1 N–H and O–H groups in total. The smallest absolute Gasteiger partial charge is 0.123 e. The summed E-state index contributed by atoms with van der Waals surface area (Å²) < 4.78 is 15.3. The summed E-state index contributed by atoms with van der Waals surface area (Å²) in [6.07, 6.45) is 3.94. The molecule has 0 radical (unpaired) electrons. The summed E-state index contributed by atoms with van der Waals surface area (Å²) in [5.74, 6) is 0.317. The van der Waals surface area contributed by atoms with Crippen molar-refractivity contribution in [3.63, 3.8) is 0 Å². The summed E-state index contributed by atoms with van der Waals surface area (Å²) >= 11 is 0. The summed E-state index contributed by atoms with van der Waals surface area (Å²) in [6.45, 7) is 4.80. The van der Waals surface area contributed by atoms with Crippen molar-refractivity contribution in [2.75, 3.05) is 19.7 Å². The van der Waals surface area contributed by atoms with Crippen molar-refractivity contribution in [1.82, 2.24) is 14.7 Å². The zero-order valence-corrected chi connectivity index (χ0v) is 13.5. The van der Waals surface area contributed by atoms with Crippen LogP contribution >= 0.6 is 0 Å². The first-order valence-electron chi connectivity index (χ1n) is 8.31. The lowest BCUT2D eigenvalue weighted by molar-refractivity contribution is 0.159. The van der Waals surface area contributed by atoms with Crippen LogP contribution in [0.5, 0.6) is 0 Å². The minimum atomic E-state index is -0.169. The highest BCUT2D eigenvalue weighted by molar-refractivity contribution is 5.20. The highest BCUT2D eigenvalue weighted by atomic mass is 19.1. The van der Waals surface area contributed by atoms with Crippen LogP contribution in [0.15, 0.2) is 36.5 Å². The summed E-state index contributed by atoms with van der Waals surface area (Å²) in [4.78, 5) is 2.41. The minimum Gasteiger partial charge on any atom is -0.394 e. The number of hydrogen-bond donors (Lipinski definition) is 1. The van der Waals surface area contributed by atoms with Crippen molar-refractivity contribution < 1.29 is 9.50 Å². The molecule has 1 aliphatic heterocycles. The van der Waals surface area contributed by atoms with Gasteiger partial charge >= 0.3 is 0 Å². The van der Waals surface area contributed by atoms with Crippen LogP contribution in [0.1, 0.15) is 43.0 Å². The van der Waals surface area contributed by atoms with Gasteiger partial charge in [-0.25, -0.2) is 4.39 Å². The van der Waals surface area contributed by atoms with Crippen LogP contribution in [0.25, 0.3) is 0 Å². The van der Waals surface area contributed by atoms with Crippen LogP contribution in [0.4, 0.5) is 4.39 Å². The zero-order valence-electron chi connectivity index (χ0n) is 13.5. The number of aliphatic hydroxyl groups is 1. The van der Waals surface area contributed by atoms with E-state index in [9.17, 15) is 4.39 Å². The van der Waals surface area contributed by atoms with E-state index in [-0.39, 0.29) is 18.5 Å². The summed E-state index contributed by atoms with van der Waals surface area (Å²) in [7, 11) is 0. The van der Waals surface area contributed by atoms with E-state index in [1.807, 2.05) is 16.9 Å². The number of nitrogens with zero attached hydrogens (tertiary/aromatic N) is 3. The lowest BCUT2D eigenvalue weighted by atomic mass is 9.92. The fourth-order valence-corrected chi connectivity index (χ4v) is 3.53. The monoisotopic (exact) mass is 317 g/mol. The second-order valence-corrected chi connectivity index (χ2v) is 6.24. The van der Waals surface area contributed by atoms with Crippen LogP contribution in [0.2, 0.25) is 0 Å². The molecule has 0 amide bonds. The van der Waals surface area contributed by atoms with Gasteiger partial charge in [0.1, 0.15) is 5.82 Å². The Morgan fingerprint density at radius 3 is 2.78 bits per heavy atom. The van der Waals surface area contributed by atoms with Gasteiger partial charge in [0.05, 0.1) is 13.2 Å². The molecule has 0 bridgehead atoms. The number of likely N-dealkylation sites (tertiary alicyclic amines) is 1. The first-order chi connectivity index (χ1) is 11.2. The number of hydrogen-bond acceptors (Lipinski definition) is 3. The molecule has 1 atom stereocenters. The van der Waals surface area contributed by atoms with Gasteiger partial charge in [-0.1, -0.05) is 12.1 Å². The SMILES string of the molecule is C[C@@H](c1cccc(F)c1)N1CCC(c2ccnn2CCO)CC1. The molecular weight excluding hydrogens is 293 g/mol. The second-order valence-electron chi connectivity index (χ2n) is 6.24. The molecule has 23 heavy (non-hydrogen) atoms. The van der Waals surface area contributed by atoms with Crippen LogP contribution in [0, 0.1) is 5.82 Å². The van der Waals surface area contributed by atoms with Crippen molar-refractivity contribution >= 4 is 0 Å². The number of benzene rings is 1. The molecule has 0 unspecified atom stereocenters. The van der Waals surface area contributed by atoms with Crippen molar-refractivity contribution in [3.8, 4) is 0 Å². The largest absolute Gasteiger partial charge is 0.394 e. The number of aromatic nitrogens is 2. The fourth-order valence-electron chi connectivity index (χ4n) is 3.53. The molecule has 5 heteroatoms. The topological polar surface area (TPSA) is 41.3 Å². The normalized spacial score (nSPS) is 18.2. The number of aliphatic hydroxyl groups excluding tert-OH is 1. The summed E-state index contributed by atoms with van der Waals surface area (Å²) in [5.41, 5.74) is 2.26. The van der Waals surface area contributed by atoms with E-state index >= 15 is 0 Å². The third kappa shape index (κ3) is 3.62. The van der Waals surface area contributed by atoms with Gasteiger partial charge in [0.2, 0.25) is 0 Å². The zero-order chi connectivity index (χ0) is 16.2. The van der Waals surface area contributed by atoms with Gasteiger partial charge in [0, 0.05) is 23.9 Å². The van der Waals surface area contributed by atoms with Gasteiger partial charge in [-0.2, -0.15) is 5.10 Å². The molecule has 1 aromatic heterocycles. The Morgan fingerprint density at radius 2 is 2.09 bits per heavy atom. The molecule has 2 aromatic rings. The molecule has 4 nitrogen and oxygen atoms in total. The lowest BCUT2D eigenvalue weighted by Crippen LogP contribution is -2.35. The van der Waals surface area contributed by atoms with Gasteiger partial charge in [-0.3, -0.25) is 9.58 Å². The first-order valence-corrected chi connectivity index (χ1v) is 8.31. The quantitative estimate of drug-likeness (QED) is 0.922. The summed E-state index contributed by atoms with van der Waals surface area (Å²) in [5, 5.41) is 13.4. The van der Waals surface area contributed by atoms with Crippen molar-refractivity contribution in [1.29, 1.82) is 0 Å². The Balaban J connectivity index is 1.63. The average molecular weight is 317 g/mol. The number of halogens is 1. The first kappa shape index (κ1) is 16.1. The molecule has 1 saturated heterocycles. The number of piperidine rings is 1. The Labute approximate surface area is 136 Å². The molecule has 124 valence electrons. The van der Waals surface area contributed by atoms with Gasteiger partial charge < -0.3 is 5.11 Å². The molecular formula is C18H24FN3O. The molecule has 2 heterocycles. The maximum absolute atomic E-state index is 13.4. The van der Waals surface area contributed by atoms with Crippen LogP contribution in [-0.4, -0.2) is 39.5 Å². The van der Waals surface area contributed by atoms with E-state index in [2.05, 4.69) is 23.0 Å². The third-order valence-electron chi connectivity index (χ3n) is 4.89. The molecule has 1 aliphatic rings. The van der Waals surface area contributed by atoms with Gasteiger partial charge in [0.25, 0.3) is 0 Å². The van der Waals surface area contributed by atoms with Gasteiger partial charge in [-0.15, -0.1) is 0 Å². The maximum atomic E-state index is 13.4. The maximum Gasteiger partial charge on any atom is 0.123 e. The van der Waals surface area contributed by atoms with Crippen molar-refractivity contribution in [3.05, 3.63) is 53.6 Å². The van der Waals surface area contributed by atoms with Crippen molar-refractivity contribution in [2.24, 2.45) is 0 Å². The van der Waals surface area contributed by atoms with E-state index in [0.717, 1.165) is 31.5 Å². The highest BCUT2D eigenvalue weighted by Crippen LogP contribution is 2.32. The molecule has 1 fully saturated rings. The Kier molecular flexibility index (Phi) is 5.08. The predicted molar refractivity (Wildman–Crippen MR) is 87.7 cm³/mol. The predicted octanol–water partition coefficient (Wildman–Crippen LogP) is 2.96. The van der Waals surface area contributed by atoms with E-state index < -0.39 is 0 Å². The van der Waals surface area contributed by atoms with Gasteiger partial charge in [0.15, 0.2) is 0 Å². The third-order valence-corrected chi connectivity index (χ3v) is 4.89. The van der Waals surface area contributed by atoms with E-state index in [0.29, 0.717) is 12.5 Å². The molecule has 0 spiro atoms. The lowest BCUT2D eigenvalue weighted by Gasteiger charge is -2.36. The Hall–Kier alpha value is -1.72. The highest BCUT2D eigenvalue weighted by Gasteiger charge is 2.26. The van der Waals surface area contributed by atoms with Crippen LogP contribution in [0.3, 0.4) is 0 Å². The molecule has 0 saturated carbocycles. The number of rotatable bonds is 5. The van der Waals surface area contributed by atoms with Crippen LogP contribution in [-0.2, 0) is 6.54 Å². The van der Waals surface area contributed by atoms with E-state index in [4.69, 9.17) is 5.11 Å². The summed E-state index contributed by atoms with van der Waals surface area (Å²) in [6, 6.07) is 9.19. The molecule has 1 aromatic carbocycles. The van der Waals surface area contributed by atoms with E-state index in [1.165, 1.54) is 11.8 Å². The minimum absolute atomic E-state index is 0.115. The Morgan fingerprint density at radius 1 is 1.30 bits per heavy atom. The average Bonchev–Trinajstić information content (AvgIpc) is 3.03. The van der Waals surface area contributed by atoms with Crippen LogP contribution < -0.4 is 0 Å². The van der Waals surface area contributed by atoms with Crippen molar-refractivity contribution in [2.45, 2.75) is 38.3 Å². The fraction of sp³-hybridized carbons (Fsp3) is 0.500. The Bertz CT molecular complexity index is 635. The second kappa shape index (κ2) is 7.23.